The molecule has 0 heterocycles. The third-order valence-corrected chi connectivity index (χ3v) is 3.08. The molecular weight excluding hydrogens is 236 g/mol. The Morgan fingerprint density at radius 1 is 0.842 bits per heavy atom. The third kappa shape index (κ3) is 6.00. The van der Waals surface area contributed by atoms with Gasteiger partial charge in [0, 0.05) is 6.07 Å². The number of rotatable bonds is 10. The van der Waals surface area contributed by atoms with E-state index in [1.54, 1.807) is 0 Å². The van der Waals surface area contributed by atoms with Crippen molar-refractivity contribution in [2.75, 3.05) is 13.2 Å². The van der Waals surface area contributed by atoms with Gasteiger partial charge in [0.2, 0.25) is 0 Å². The van der Waals surface area contributed by atoms with Crippen molar-refractivity contribution in [2.24, 2.45) is 0 Å². The van der Waals surface area contributed by atoms with Gasteiger partial charge in [-0.3, -0.25) is 0 Å². The van der Waals surface area contributed by atoms with Crippen molar-refractivity contribution >= 4 is 0 Å². The molecule has 0 saturated carbocycles. The van der Waals surface area contributed by atoms with Crippen LogP contribution < -0.4 is 9.47 Å². The minimum atomic E-state index is 0.790. The van der Waals surface area contributed by atoms with Crippen LogP contribution >= 0.6 is 0 Å². The number of aryl methyl sites for hydroxylation is 1. The average Bonchev–Trinajstić information content (AvgIpc) is 2.42. The highest BCUT2D eigenvalue weighted by molar-refractivity contribution is 5.40. The van der Waals surface area contributed by atoms with E-state index in [1.807, 2.05) is 0 Å². The molecule has 0 radical (unpaired) electrons. The van der Waals surface area contributed by atoms with E-state index in [4.69, 9.17) is 9.47 Å². The fraction of sp³-hybridized carbons (Fsp3) is 0.647. The Kier molecular flexibility index (Phi) is 8.11. The molecule has 2 heteroatoms. The summed E-state index contributed by atoms with van der Waals surface area (Å²) in [7, 11) is 0. The van der Waals surface area contributed by atoms with E-state index >= 15 is 0 Å². The van der Waals surface area contributed by atoms with Crippen molar-refractivity contribution < 1.29 is 9.47 Å². The van der Waals surface area contributed by atoms with Crippen LogP contribution in [0.5, 0.6) is 11.5 Å². The topological polar surface area (TPSA) is 18.5 Å². The summed E-state index contributed by atoms with van der Waals surface area (Å²) in [4.78, 5) is 0. The second-order valence-corrected chi connectivity index (χ2v) is 4.92. The second-order valence-electron chi connectivity index (χ2n) is 4.92. The van der Waals surface area contributed by atoms with Gasteiger partial charge in [0.25, 0.3) is 0 Å². The minimum Gasteiger partial charge on any atom is -0.493 e. The van der Waals surface area contributed by atoms with E-state index in [0.29, 0.717) is 0 Å². The maximum atomic E-state index is 5.90. The summed E-state index contributed by atoms with van der Waals surface area (Å²) in [5, 5.41) is 0. The summed E-state index contributed by atoms with van der Waals surface area (Å²) in [6.45, 7) is 8.14. The van der Waals surface area contributed by atoms with Gasteiger partial charge in [-0.2, -0.15) is 0 Å². The largest absolute Gasteiger partial charge is 0.493 e. The molecule has 0 aliphatic rings. The van der Waals surface area contributed by atoms with E-state index in [1.165, 1.54) is 5.56 Å². The van der Waals surface area contributed by atoms with Gasteiger partial charge in [0.15, 0.2) is 0 Å². The van der Waals surface area contributed by atoms with E-state index < -0.39 is 0 Å². The monoisotopic (exact) mass is 264 g/mol. The van der Waals surface area contributed by atoms with Gasteiger partial charge in [-0.25, -0.2) is 0 Å². The van der Waals surface area contributed by atoms with Crippen molar-refractivity contribution in [3.05, 3.63) is 23.8 Å². The molecule has 0 aromatic heterocycles. The molecule has 0 atom stereocenters. The summed E-state index contributed by atoms with van der Waals surface area (Å²) in [5.41, 5.74) is 1.29. The van der Waals surface area contributed by atoms with Gasteiger partial charge in [0.1, 0.15) is 11.5 Å². The molecular formula is C17H28O2. The van der Waals surface area contributed by atoms with Crippen LogP contribution in [-0.2, 0) is 6.42 Å². The first-order chi connectivity index (χ1) is 9.31. The lowest BCUT2D eigenvalue weighted by atomic mass is 10.1. The highest BCUT2D eigenvalue weighted by Crippen LogP contribution is 2.26. The molecule has 0 saturated heterocycles. The first-order valence-corrected chi connectivity index (χ1v) is 7.70. The Hall–Kier alpha value is -1.18. The Labute approximate surface area is 118 Å². The molecule has 0 aliphatic heterocycles. The molecule has 0 spiro atoms. The van der Waals surface area contributed by atoms with E-state index in [2.05, 4.69) is 39.0 Å². The predicted octanol–water partition coefficient (Wildman–Crippen LogP) is 5.00. The van der Waals surface area contributed by atoms with Gasteiger partial charge in [0.05, 0.1) is 13.2 Å². The number of unbranched alkanes of at least 4 members (excludes halogenated alkanes) is 2. The van der Waals surface area contributed by atoms with Crippen molar-refractivity contribution in [2.45, 2.75) is 59.3 Å². The fourth-order valence-corrected chi connectivity index (χ4v) is 1.90. The second kappa shape index (κ2) is 9.71. The number of hydrogen-bond acceptors (Lipinski definition) is 2. The molecule has 0 amide bonds. The quantitative estimate of drug-likeness (QED) is 0.554. The zero-order chi connectivity index (χ0) is 13.9. The normalized spacial score (nSPS) is 10.5. The first-order valence-electron chi connectivity index (χ1n) is 7.70. The molecule has 108 valence electrons. The highest BCUT2D eigenvalue weighted by atomic mass is 16.5. The summed E-state index contributed by atoms with van der Waals surface area (Å²) in [5.74, 6) is 1.93. The molecule has 1 aromatic rings. The first kappa shape index (κ1) is 15.9. The van der Waals surface area contributed by atoms with E-state index in [9.17, 15) is 0 Å². The molecule has 19 heavy (non-hydrogen) atoms. The molecule has 0 fully saturated rings. The lowest BCUT2D eigenvalue weighted by molar-refractivity contribution is 0.292. The molecule has 0 bridgehead atoms. The van der Waals surface area contributed by atoms with Crippen LogP contribution in [0.15, 0.2) is 18.2 Å². The number of benzene rings is 1. The number of ether oxygens (including phenoxy) is 2. The molecule has 0 aliphatic carbocycles. The lowest BCUT2D eigenvalue weighted by Gasteiger charge is -2.13. The third-order valence-electron chi connectivity index (χ3n) is 3.08. The standard InChI is InChI=1S/C17H28O2/c1-4-7-12-18-16-11-10-15(9-6-3)17(14-16)19-13-8-5-2/h10-11,14H,4-9,12-13H2,1-3H3. The molecule has 1 rings (SSSR count). The Morgan fingerprint density at radius 3 is 2.16 bits per heavy atom. The zero-order valence-corrected chi connectivity index (χ0v) is 12.7. The SMILES string of the molecule is CCCCOc1ccc(CCC)c(OCCCC)c1. The van der Waals surface area contributed by atoms with Crippen LogP contribution in [0.1, 0.15) is 58.4 Å². The lowest BCUT2D eigenvalue weighted by Crippen LogP contribution is -2.02. The van der Waals surface area contributed by atoms with E-state index in [-0.39, 0.29) is 0 Å². The molecule has 1 aromatic carbocycles. The van der Waals surface area contributed by atoms with Gasteiger partial charge >= 0.3 is 0 Å². The van der Waals surface area contributed by atoms with Crippen molar-refractivity contribution in [1.29, 1.82) is 0 Å². The molecule has 2 nitrogen and oxygen atoms in total. The van der Waals surface area contributed by atoms with Crippen LogP contribution in [0.25, 0.3) is 0 Å². The Morgan fingerprint density at radius 2 is 1.53 bits per heavy atom. The summed E-state index contributed by atoms with van der Waals surface area (Å²) in [6, 6.07) is 6.26. The van der Waals surface area contributed by atoms with Gasteiger partial charge in [-0.15, -0.1) is 0 Å². The molecule has 0 unspecified atom stereocenters. The van der Waals surface area contributed by atoms with Crippen LogP contribution in [0, 0.1) is 0 Å². The van der Waals surface area contributed by atoms with Gasteiger partial charge in [-0.05, 0) is 30.9 Å². The molecule has 0 N–H and O–H groups in total. The number of hydrogen-bond donors (Lipinski definition) is 0. The van der Waals surface area contributed by atoms with E-state index in [0.717, 1.165) is 63.2 Å². The maximum Gasteiger partial charge on any atom is 0.126 e. The van der Waals surface area contributed by atoms with Crippen molar-refractivity contribution in [3.8, 4) is 11.5 Å². The smallest absolute Gasteiger partial charge is 0.126 e. The van der Waals surface area contributed by atoms with Crippen molar-refractivity contribution in [1.82, 2.24) is 0 Å². The maximum absolute atomic E-state index is 5.90. The fourth-order valence-electron chi connectivity index (χ4n) is 1.90. The van der Waals surface area contributed by atoms with Crippen LogP contribution in [0.4, 0.5) is 0 Å². The zero-order valence-electron chi connectivity index (χ0n) is 12.7. The highest BCUT2D eigenvalue weighted by Gasteiger charge is 2.05. The summed E-state index contributed by atoms with van der Waals surface area (Å²) >= 11 is 0. The van der Waals surface area contributed by atoms with Crippen molar-refractivity contribution in [3.63, 3.8) is 0 Å². The Balaban J connectivity index is 2.66. The minimum absolute atomic E-state index is 0.790. The van der Waals surface area contributed by atoms with Gasteiger partial charge < -0.3 is 9.47 Å². The summed E-state index contributed by atoms with van der Waals surface area (Å²) < 4.78 is 11.6. The van der Waals surface area contributed by atoms with Gasteiger partial charge in [-0.1, -0.05) is 46.1 Å². The predicted molar refractivity (Wildman–Crippen MR) is 81.2 cm³/mol. The summed E-state index contributed by atoms with van der Waals surface area (Å²) in [6.07, 6.45) is 6.73. The van der Waals surface area contributed by atoms with Crippen LogP contribution in [0.2, 0.25) is 0 Å². The van der Waals surface area contributed by atoms with Crippen LogP contribution in [-0.4, -0.2) is 13.2 Å². The van der Waals surface area contributed by atoms with Crippen LogP contribution in [0.3, 0.4) is 0 Å². The average molecular weight is 264 g/mol. The Bertz CT molecular complexity index is 347.